The van der Waals surface area contributed by atoms with Crippen LogP contribution in [0.3, 0.4) is 0 Å². The van der Waals surface area contributed by atoms with E-state index in [9.17, 15) is 9.59 Å². The van der Waals surface area contributed by atoms with E-state index in [0.717, 1.165) is 10.0 Å². The van der Waals surface area contributed by atoms with Crippen LogP contribution in [0.25, 0.3) is 0 Å². The van der Waals surface area contributed by atoms with Crippen LogP contribution in [0.15, 0.2) is 40.9 Å². The van der Waals surface area contributed by atoms with Crippen molar-refractivity contribution in [3.63, 3.8) is 0 Å². The molecular formula is C21H24BrNO4. The van der Waals surface area contributed by atoms with E-state index in [1.807, 2.05) is 62.1 Å². The van der Waals surface area contributed by atoms with E-state index in [0.29, 0.717) is 13.2 Å². The molecule has 0 aliphatic carbocycles. The second-order valence-electron chi connectivity index (χ2n) is 8.12. The summed E-state index contributed by atoms with van der Waals surface area (Å²) in [6.45, 7) is 6.83. The number of nitrogens with zero attached hydrogens (tertiary/aromatic N) is 1. The maximum absolute atomic E-state index is 13.3. The van der Waals surface area contributed by atoms with Crippen molar-refractivity contribution in [3.8, 4) is 0 Å². The molecule has 27 heavy (non-hydrogen) atoms. The Morgan fingerprint density at radius 2 is 2.04 bits per heavy atom. The third-order valence-corrected chi connectivity index (χ3v) is 6.31. The zero-order chi connectivity index (χ0) is 19.3. The minimum Gasteiger partial charge on any atom is -0.465 e. The van der Waals surface area contributed by atoms with Gasteiger partial charge in [-0.05, 0) is 30.5 Å². The molecule has 5 atom stereocenters. The Morgan fingerprint density at radius 3 is 2.70 bits per heavy atom. The molecule has 0 aromatic heterocycles. The van der Waals surface area contributed by atoms with E-state index in [-0.39, 0.29) is 29.9 Å². The van der Waals surface area contributed by atoms with Gasteiger partial charge in [0.1, 0.15) is 11.5 Å². The van der Waals surface area contributed by atoms with Gasteiger partial charge in [0.25, 0.3) is 0 Å². The van der Waals surface area contributed by atoms with E-state index in [1.54, 1.807) is 0 Å². The summed E-state index contributed by atoms with van der Waals surface area (Å²) >= 11 is 3.44. The van der Waals surface area contributed by atoms with Crippen molar-refractivity contribution in [2.24, 2.45) is 17.8 Å². The molecule has 0 saturated carbocycles. The van der Waals surface area contributed by atoms with Gasteiger partial charge < -0.3 is 14.4 Å². The molecule has 1 aromatic rings. The first-order chi connectivity index (χ1) is 12.8. The molecular weight excluding hydrogens is 410 g/mol. The Labute approximate surface area is 167 Å². The van der Waals surface area contributed by atoms with E-state index < -0.39 is 17.4 Å². The van der Waals surface area contributed by atoms with Gasteiger partial charge in [-0.15, -0.1) is 0 Å². The van der Waals surface area contributed by atoms with E-state index >= 15 is 0 Å². The zero-order valence-electron chi connectivity index (χ0n) is 15.7. The van der Waals surface area contributed by atoms with Crippen LogP contribution >= 0.6 is 15.9 Å². The first-order valence-corrected chi connectivity index (χ1v) is 10.2. The second-order valence-corrected chi connectivity index (χ2v) is 9.03. The fourth-order valence-corrected chi connectivity index (χ4v) is 4.66. The molecule has 3 heterocycles. The lowest BCUT2D eigenvalue weighted by molar-refractivity contribution is -0.155. The number of esters is 1. The van der Waals surface area contributed by atoms with Crippen LogP contribution in [0.5, 0.6) is 0 Å². The quantitative estimate of drug-likeness (QED) is 0.526. The number of ether oxygens (including phenoxy) is 2. The maximum atomic E-state index is 13.3. The number of amides is 1. The number of halogens is 1. The topological polar surface area (TPSA) is 55.8 Å². The minimum atomic E-state index is -0.701. The van der Waals surface area contributed by atoms with Gasteiger partial charge >= 0.3 is 5.97 Å². The number of carbonyl (C=O) groups excluding carboxylic acids is 2. The summed E-state index contributed by atoms with van der Waals surface area (Å²) in [6.07, 6.45) is 3.53. The molecule has 0 radical (unpaired) electrons. The van der Waals surface area contributed by atoms with E-state index in [4.69, 9.17) is 9.47 Å². The van der Waals surface area contributed by atoms with Crippen molar-refractivity contribution >= 4 is 27.8 Å². The van der Waals surface area contributed by atoms with Crippen molar-refractivity contribution in [1.82, 2.24) is 4.90 Å². The van der Waals surface area contributed by atoms with Crippen LogP contribution in [0.4, 0.5) is 0 Å². The molecule has 2 bridgehead atoms. The number of likely N-dealkylation sites (tertiary alicyclic amines) is 1. The Bertz CT molecular complexity index is 790. The Balaban J connectivity index is 1.57. The molecule has 4 rings (SSSR count). The predicted octanol–water partition coefficient (Wildman–Crippen LogP) is 3.49. The number of hydrogen-bond donors (Lipinski definition) is 0. The second kappa shape index (κ2) is 6.74. The predicted molar refractivity (Wildman–Crippen MR) is 104 cm³/mol. The van der Waals surface area contributed by atoms with Gasteiger partial charge in [-0.1, -0.05) is 54.1 Å². The molecule has 0 unspecified atom stereocenters. The molecule has 3 aliphatic rings. The molecule has 2 saturated heterocycles. The number of hydrogen-bond acceptors (Lipinski definition) is 4. The highest BCUT2D eigenvalue weighted by molar-refractivity contribution is 9.10. The highest BCUT2D eigenvalue weighted by Gasteiger charge is 2.67. The Hall–Kier alpha value is -1.66. The maximum Gasteiger partial charge on any atom is 0.312 e. The van der Waals surface area contributed by atoms with Crippen molar-refractivity contribution in [2.75, 3.05) is 13.2 Å². The molecule has 1 aromatic carbocycles. The van der Waals surface area contributed by atoms with Gasteiger partial charge in [-0.25, -0.2) is 0 Å². The lowest BCUT2D eigenvalue weighted by Gasteiger charge is -2.27. The third-order valence-electron chi connectivity index (χ3n) is 5.78. The van der Waals surface area contributed by atoms with Crippen molar-refractivity contribution in [3.05, 3.63) is 46.5 Å². The standard InChI is InChI=1S/C21H24BrNO4/c1-12(2)10-26-20(25)17-16-8-9-21(27-16)11-23(19(24)18(17)21)13(3)14-4-6-15(22)7-5-14/h4-9,12-13,16-18H,10-11H2,1-3H3/t13-,16-,17-,18+,21+/m1/s1. The molecule has 5 nitrogen and oxygen atoms in total. The van der Waals surface area contributed by atoms with Gasteiger partial charge in [0.2, 0.25) is 5.91 Å². The average molecular weight is 434 g/mol. The van der Waals surface area contributed by atoms with Crippen LogP contribution in [0.1, 0.15) is 32.4 Å². The molecule has 1 amide bonds. The number of rotatable bonds is 5. The van der Waals surface area contributed by atoms with Gasteiger partial charge in [-0.3, -0.25) is 9.59 Å². The zero-order valence-corrected chi connectivity index (χ0v) is 17.3. The Morgan fingerprint density at radius 1 is 1.33 bits per heavy atom. The summed E-state index contributed by atoms with van der Waals surface area (Å²) in [5, 5.41) is 0. The van der Waals surface area contributed by atoms with Crippen molar-refractivity contribution in [2.45, 2.75) is 38.5 Å². The lowest BCUT2D eigenvalue weighted by atomic mass is 9.77. The van der Waals surface area contributed by atoms with Crippen LogP contribution in [0.2, 0.25) is 0 Å². The van der Waals surface area contributed by atoms with Gasteiger partial charge in [0, 0.05) is 4.47 Å². The number of carbonyl (C=O) groups is 2. The molecule has 6 heteroatoms. The first kappa shape index (κ1) is 18.7. The van der Waals surface area contributed by atoms with E-state index in [1.165, 1.54) is 0 Å². The third kappa shape index (κ3) is 3.03. The normalized spacial score (nSPS) is 32.3. The van der Waals surface area contributed by atoms with Gasteiger partial charge in [0.05, 0.1) is 31.2 Å². The van der Waals surface area contributed by atoms with Crippen molar-refractivity contribution in [1.29, 1.82) is 0 Å². The number of benzene rings is 1. The van der Waals surface area contributed by atoms with Gasteiger partial charge in [0.15, 0.2) is 0 Å². The van der Waals surface area contributed by atoms with Gasteiger partial charge in [-0.2, -0.15) is 0 Å². The van der Waals surface area contributed by atoms with E-state index in [2.05, 4.69) is 15.9 Å². The summed E-state index contributed by atoms with van der Waals surface area (Å²) in [5.41, 5.74) is 0.354. The smallest absolute Gasteiger partial charge is 0.312 e. The fourth-order valence-electron chi connectivity index (χ4n) is 4.39. The van der Waals surface area contributed by atoms with Crippen LogP contribution in [0, 0.1) is 17.8 Å². The highest BCUT2D eigenvalue weighted by atomic mass is 79.9. The minimum absolute atomic E-state index is 0.0243. The highest BCUT2D eigenvalue weighted by Crippen LogP contribution is 2.53. The molecule has 3 aliphatic heterocycles. The summed E-state index contributed by atoms with van der Waals surface area (Å²) in [5.74, 6) is -1.14. The molecule has 2 fully saturated rings. The average Bonchev–Trinajstić information content (AvgIpc) is 3.28. The fraction of sp³-hybridized carbons (Fsp3) is 0.524. The van der Waals surface area contributed by atoms with Crippen molar-refractivity contribution < 1.29 is 19.1 Å². The summed E-state index contributed by atoms with van der Waals surface area (Å²) in [4.78, 5) is 27.8. The van der Waals surface area contributed by atoms with Crippen LogP contribution in [-0.4, -0.2) is 41.6 Å². The first-order valence-electron chi connectivity index (χ1n) is 9.42. The summed E-state index contributed by atoms with van der Waals surface area (Å²) < 4.78 is 12.6. The summed E-state index contributed by atoms with van der Waals surface area (Å²) in [6, 6.07) is 7.88. The molecule has 144 valence electrons. The Kier molecular flexibility index (Phi) is 4.67. The molecule has 0 N–H and O–H groups in total. The monoisotopic (exact) mass is 433 g/mol. The van der Waals surface area contributed by atoms with Crippen LogP contribution in [-0.2, 0) is 19.1 Å². The summed E-state index contributed by atoms with van der Waals surface area (Å²) in [7, 11) is 0. The van der Waals surface area contributed by atoms with Crippen LogP contribution < -0.4 is 0 Å². The SMILES string of the molecule is CC(C)COC(=O)[C@H]1[C@H]2C(=O)N([C@H](C)c3ccc(Br)cc3)C[C@@]23C=C[C@H]1O3. The number of fused-ring (bicyclic) bond motifs is 1. The molecule has 1 spiro atoms. The largest absolute Gasteiger partial charge is 0.465 e. The lowest BCUT2D eigenvalue weighted by Crippen LogP contribution is -2.40.